The van der Waals surface area contributed by atoms with Crippen LogP contribution in [0.3, 0.4) is 0 Å². The van der Waals surface area contributed by atoms with E-state index >= 15 is 0 Å². The Morgan fingerprint density at radius 1 is 1.04 bits per heavy atom. The van der Waals surface area contributed by atoms with Crippen molar-refractivity contribution in [2.24, 2.45) is 0 Å². The summed E-state index contributed by atoms with van der Waals surface area (Å²) in [6, 6.07) is 10.9. The second-order valence-electron chi connectivity index (χ2n) is 5.96. The van der Waals surface area contributed by atoms with Gasteiger partial charge in [0.05, 0.1) is 16.3 Å². The molecule has 0 unspecified atom stereocenters. The molecule has 1 saturated heterocycles. The van der Waals surface area contributed by atoms with E-state index in [-0.39, 0.29) is 34.2 Å². The predicted octanol–water partition coefficient (Wildman–Crippen LogP) is 1.76. The van der Waals surface area contributed by atoms with Crippen molar-refractivity contribution >= 4 is 43.1 Å². The Balaban J connectivity index is 1.83. The van der Waals surface area contributed by atoms with E-state index < -0.39 is 26.0 Å². The molecule has 1 heterocycles. The molecular weight excluding hydrogens is 392 g/mol. The number of carbonyl (C=O) groups excluding carboxylic acids is 2. The molecule has 10 heteroatoms. The number of benzene rings is 2. The quantitative estimate of drug-likeness (QED) is 0.753. The third-order valence-electron chi connectivity index (χ3n) is 4.00. The molecule has 1 fully saturated rings. The largest absolute Gasteiger partial charge is 0.295 e. The number of rotatable bonds is 5. The molecule has 27 heavy (non-hydrogen) atoms. The van der Waals surface area contributed by atoms with Crippen LogP contribution in [0.15, 0.2) is 53.4 Å². The fourth-order valence-electron chi connectivity index (χ4n) is 2.62. The van der Waals surface area contributed by atoms with Gasteiger partial charge in [-0.15, -0.1) is 0 Å². The molecule has 1 aliphatic rings. The van der Waals surface area contributed by atoms with Gasteiger partial charge in [0.1, 0.15) is 0 Å². The van der Waals surface area contributed by atoms with Crippen LogP contribution < -0.4 is 9.03 Å². The van der Waals surface area contributed by atoms with Gasteiger partial charge in [0.2, 0.25) is 15.9 Å². The highest BCUT2D eigenvalue weighted by Crippen LogP contribution is 2.27. The smallest absolute Gasteiger partial charge is 0.261 e. The van der Waals surface area contributed by atoms with Crippen molar-refractivity contribution in [1.82, 2.24) is 0 Å². The zero-order valence-electron chi connectivity index (χ0n) is 14.2. The SMILES string of the molecule is CC(=O)c1ccc(NS(=O)(=O)c2ccc(N3C(=O)CCS3(=O)=O)cc2)cc1. The number of anilines is 2. The summed E-state index contributed by atoms with van der Waals surface area (Å²) < 4.78 is 51.8. The number of Topliss-reactive ketones (excluding diaryl/α,β-unsaturated/α-hetero) is 1. The van der Waals surface area contributed by atoms with Gasteiger partial charge in [-0.05, 0) is 55.5 Å². The summed E-state index contributed by atoms with van der Waals surface area (Å²) in [5.74, 6) is -0.940. The molecule has 142 valence electrons. The predicted molar refractivity (Wildman–Crippen MR) is 99.6 cm³/mol. The topological polar surface area (TPSA) is 118 Å². The lowest BCUT2D eigenvalue weighted by atomic mass is 10.1. The summed E-state index contributed by atoms with van der Waals surface area (Å²) in [5.41, 5.74) is 0.836. The molecule has 0 atom stereocenters. The molecule has 0 aromatic heterocycles. The highest BCUT2D eigenvalue weighted by atomic mass is 32.2. The van der Waals surface area contributed by atoms with Crippen molar-refractivity contribution in [3.8, 4) is 0 Å². The molecule has 2 aromatic rings. The van der Waals surface area contributed by atoms with Gasteiger partial charge < -0.3 is 0 Å². The average molecular weight is 408 g/mol. The maximum absolute atomic E-state index is 12.5. The van der Waals surface area contributed by atoms with Gasteiger partial charge in [-0.2, -0.15) is 0 Å². The molecule has 0 aliphatic carbocycles. The summed E-state index contributed by atoms with van der Waals surface area (Å²) in [5, 5.41) is 0. The van der Waals surface area contributed by atoms with Crippen LogP contribution >= 0.6 is 0 Å². The molecule has 0 spiro atoms. The number of nitrogens with zero attached hydrogens (tertiary/aromatic N) is 1. The molecule has 0 saturated carbocycles. The van der Waals surface area contributed by atoms with Crippen molar-refractivity contribution in [2.75, 3.05) is 14.8 Å². The molecule has 3 rings (SSSR count). The standard InChI is InChI=1S/C17H16N2O6S2/c1-12(20)13-2-4-14(5-3-13)18-27(24,25)16-8-6-15(7-9-16)19-17(21)10-11-26(19,22)23/h2-9,18H,10-11H2,1H3. The number of hydrogen-bond donors (Lipinski definition) is 1. The Bertz CT molecular complexity index is 1110. The molecule has 1 aliphatic heterocycles. The number of sulfonamides is 2. The monoisotopic (exact) mass is 408 g/mol. The van der Waals surface area contributed by atoms with Crippen LogP contribution in [0.2, 0.25) is 0 Å². The van der Waals surface area contributed by atoms with Crippen molar-refractivity contribution < 1.29 is 26.4 Å². The lowest BCUT2D eigenvalue weighted by Crippen LogP contribution is -2.29. The van der Waals surface area contributed by atoms with Crippen molar-refractivity contribution in [3.05, 3.63) is 54.1 Å². The Morgan fingerprint density at radius 2 is 1.63 bits per heavy atom. The fourth-order valence-corrected chi connectivity index (χ4v) is 5.13. The zero-order valence-corrected chi connectivity index (χ0v) is 15.9. The number of ketones is 1. The summed E-state index contributed by atoms with van der Waals surface area (Å²) in [7, 11) is -7.62. The number of carbonyl (C=O) groups is 2. The van der Waals surface area contributed by atoms with E-state index in [0.717, 1.165) is 0 Å². The highest BCUT2D eigenvalue weighted by molar-refractivity contribution is 7.94. The summed E-state index contributed by atoms with van der Waals surface area (Å²) in [6.07, 6.45) is -0.0970. The van der Waals surface area contributed by atoms with E-state index in [4.69, 9.17) is 0 Å². The van der Waals surface area contributed by atoms with Crippen molar-refractivity contribution in [1.29, 1.82) is 0 Å². The summed E-state index contributed by atoms with van der Waals surface area (Å²) >= 11 is 0. The van der Waals surface area contributed by atoms with E-state index in [1.807, 2.05) is 0 Å². The Morgan fingerprint density at radius 3 is 2.11 bits per heavy atom. The fraction of sp³-hybridized carbons (Fsp3) is 0.176. The van der Waals surface area contributed by atoms with Gasteiger partial charge in [0.25, 0.3) is 10.0 Å². The van der Waals surface area contributed by atoms with E-state index in [1.165, 1.54) is 55.5 Å². The first kappa shape index (κ1) is 19.1. The van der Waals surface area contributed by atoms with Crippen LogP contribution in [0.1, 0.15) is 23.7 Å². The Kier molecular flexibility index (Phi) is 4.79. The first-order valence-electron chi connectivity index (χ1n) is 7.90. The zero-order chi connectivity index (χ0) is 19.8. The van der Waals surface area contributed by atoms with Gasteiger partial charge in [-0.1, -0.05) is 0 Å². The minimum atomic E-state index is -3.92. The Labute approximate surface area is 156 Å². The molecule has 0 bridgehead atoms. The van der Waals surface area contributed by atoms with Gasteiger partial charge >= 0.3 is 0 Å². The van der Waals surface area contributed by atoms with E-state index in [1.54, 1.807) is 0 Å². The minimum Gasteiger partial charge on any atom is -0.295 e. The van der Waals surface area contributed by atoms with Gasteiger partial charge in [0.15, 0.2) is 5.78 Å². The summed E-state index contributed by atoms with van der Waals surface area (Å²) in [4.78, 5) is 23.0. The van der Waals surface area contributed by atoms with E-state index in [2.05, 4.69) is 4.72 Å². The van der Waals surface area contributed by atoms with Crippen molar-refractivity contribution in [3.63, 3.8) is 0 Å². The molecular formula is C17H16N2O6S2. The van der Waals surface area contributed by atoms with Gasteiger partial charge in [-0.3, -0.25) is 14.3 Å². The number of nitrogens with one attached hydrogen (secondary N) is 1. The van der Waals surface area contributed by atoms with Crippen LogP contribution in [-0.4, -0.2) is 34.3 Å². The first-order chi connectivity index (χ1) is 12.6. The number of amides is 1. The Hall–Kier alpha value is -2.72. The molecule has 8 nitrogen and oxygen atoms in total. The molecule has 1 N–H and O–H groups in total. The lowest BCUT2D eigenvalue weighted by molar-refractivity contribution is -0.116. The normalized spacial score (nSPS) is 16.3. The third-order valence-corrected chi connectivity index (χ3v) is 7.09. The molecule has 1 amide bonds. The van der Waals surface area contributed by atoms with Crippen LogP contribution in [-0.2, 0) is 24.8 Å². The lowest BCUT2D eigenvalue weighted by Gasteiger charge is -2.15. The van der Waals surface area contributed by atoms with Crippen LogP contribution in [0.5, 0.6) is 0 Å². The second kappa shape index (κ2) is 6.78. The average Bonchev–Trinajstić information content (AvgIpc) is 2.88. The number of hydrogen-bond acceptors (Lipinski definition) is 6. The highest BCUT2D eigenvalue weighted by Gasteiger charge is 2.36. The minimum absolute atomic E-state index is 0.0917. The first-order valence-corrected chi connectivity index (χ1v) is 11.0. The van der Waals surface area contributed by atoms with Gasteiger partial charge in [-0.25, -0.2) is 21.1 Å². The second-order valence-corrected chi connectivity index (χ2v) is 9.58. The van der Waals surface area contributed by atoms with E-state index in [9.17, 15) is 26.4 Å². The molecule has 0 radical (unpaired) electrons. The van der Waals surface area contributed by atoms with E-state index in [0.29, 0.717) is 9.87 Å². The van der Waals surface area contributed by atoms with Crippen LogP contribution in [0.4, 0.5) is 11.4 Å². The van der Waals surface area contributed by atoms with Crippen LogP contribution in [0.25, 0.3) is 0 Å². The third kappa shape index (κ3) is 3.86. The van der Waals surface area contributed by atoms with Gasteiger partial charge in [0, 0.05) is 17.7 Å². The van der Waals surface area contributed by atoms with Crippen molar-refractivity contribution in [2.45, 2.75) is 18.2 Å². The van der Waals surface area contributed by atoms with Crippen LogP contribution in [0, 0.1) is 0 Å². The maximum Gasteiger partial charge on any atom is 0.261 e. The summed E-state index contributed by atoms with van der Waals surface area (Å²) in [6.45, 7) is 1.41. The maximum atomic E-state index is 12.5. The molecule has 2 aromatic carbocycles.